The summed E-state index contributed by atoms with van der Waals surface area (Å²) in [5, 5.41) is 20.5. The highest BCUT2D eigenvalue weighted by molar-refractivity contribution is 7.46. The number of pyridine rings is 2. The summed E-state index contributed by atoms with van der Waals surface area (Å²) in [7, 11) is -4.84. The van der Waals surface area contributed by atoms with Crippen LogP contribution in [0.1, 0.15) is 11.9 Å². The van der Waals surface area contributed by atoms with Crippen molar-refractivity contribution in [3.8, 4) is 11.1 Å². The summed E-state index contributed by atoms with van der Waals surface area (Å²) in [6, 6.07) is 8.19. The van der Waals surface area contributed by atoms with Gasteiger partial charge in [0.15, 0.2) is 6.23 Å². The molecule has 4 N–H and O–H groups in total. The molecule has 13 nitrogen and oxygen atoms in total. The largest absolute Gasteiger partial charge is 0.469 e. The molecule has 1 aliphatic heterocycles. The number of rotatable bonds is 7. The van der Waals surface area contributed by atoms with Crippen molar-refractivity contribution in [2.45, 2.75) is 31.1 Å². The van der Waals surface area contributed by atoms with E-state index < -0.39 is 50.2 Å². The number of hydrogen-bond donors (Lipinski definition) is 4. The lowest BCUT2D eigenvalue weighted by Gasteiger charge is -2.18. The van der Waals surface area contributed by atoms with E-state index >= 15 is 0 Å². The number of aliphatic hydroxyl groups excluding tert-OH is 2. The second-order valence-electron chi connectivity index (χ2n) is 7.53. The first-order valence-electron chi connectivity index (χ1n) is 10.0. The molecule has 3 aromatic heterocycles. The minimum Gasteiger partial charge on any atom is -0.387 e. The first-order valence-corrected chi connectivity index (χ1v) is 11.6. The Hall–Kier alpha value is -3.03. The quantitative estimate of drug-likeness (QED) is 0.304. The predicted molar refractivity (Wildman–Crippen MR) is 115 cm³/mol. The zero-order chi connectivity index (χ0) is 24.5. The SMILES string of the molecule is O=c1ccn([C@@H]2O[C@H](COP(=O)(O)O)[C@H](O)[C@@H]2O)c(=O)n1Cc1cc(-c2ccncc2)ccn1. The summed E-state index contributed by atoms with van der Waals surface area (Å²) in [6.45, 7) is -0.896. The lowest BCUT2D eigenvalue weighted by Crippen LogP contribution is -2.43. The van der Waals surface area contributed by atoms with Crippen LogP contribution in [0.5, 0.6) is 0 Å². The molecule has 0 radical (unpaired) electrons. The van der Waals surface area contributed by atoms with E-state index in [9.17, 15) is 24.4 Å². The first kappa shape index (κ1) is 24.1. The fourth-order valence-corrected chi connectivity index (χ4v) is 3.93. The third kappa shape index (κ3) is 5.21. The summed E-state index contributed by atoms with van der Waals surface area (Å²) in [5.74, 6) is 0. The van der Waals surface area contributed by atoms with Crippen LogP contribution in [0.2, 0.25) is 0 Å². The van der Waals surface area contributed by atoms with Crippen LogP contribution < -0.4 is 11.2 Å². The molecule has 4 atom stereocenters. The molecule has 0 unspecified atom stereocenters. The van der Waals surface area contributed by atoms with Gasteiger partial charge < -0.3 is 24.7 Å². The molecule has 180 valence electrons. The van der Waals surface area contributed by atoms with Gasteiger partial charge in [0.25, 0.3) is 5.56 Å². The van der Waals surface area contributed by atoms with E-state index in [-0.39, 0.29) is 6.54 Å². The number of hydrogen-bond acceptors (Lipinski definition) is 9. The lowest BCUT2D eigenvalue weighted by atomic mass is 10.1. The number of aromatic nitrogens is 4. The molecule has 0 bridgehead atoms. The zero-order valence-corrected chi connectivity index (χ0v) is 18.4. The molecule has 3 aromatic rings. The van der Waals surface area contributed by atoms with E-state index in [0.717, 1.165) is 32.5 Å². The highest BCUT2D eigenvalue weighted by Gasteiger charge is 2.45. The minimum atomic E-state index is -4.84. The fourth-order valence-electron chi connectivity index (χ4n) is 3.59. The molecular formula is C20H21N4O9P. The summed E-state index contributed by atoms with van der Waals surface area (Å²) in [6.07, 6.45) is -0.0396. The van der Waals surface area contributed by atoms with Crippen molar-refractivity contribution in [3.05, 3.63) is 81.7 Å². The van der Waals surface area contributed by atoms with E-state index in [4.69, 9.17) is 14.5 Å². The van der Waals surface area contributed by atoms with Crippen molar-refractivity contribution in [2.24, 2.45) is 0 Å². The molecule has 0 aromatic carbocycles. The topological polar surface area (TPSA) is 186 Å². The van der Waals surface area contributed by atoms with E-state index in [1.165, 1.54) is 0 Å². The number of aliphatic hydroxyl groups is 2. The Bertz CT molecular complexity index is 1320. The van der Waals surface area contributed by atoms with Crippen LogP contribution in [0.4, 0.5) is 0 Å². The van der Waals surface area contributed by atoms with Gasteiger partial charge in [-0.05, 0) is 35.4 Å². The van der Waals surface area contributed by atoms with Crippen LogP contribution in [0.3, 0.4) is 0 Å². The van der Waals surface area contributed by atoms with Gasteiger partial charge in [0.2, 0.25) is 0 Å². The highest BCUT2D eigenvalue weighted by atomic mass is 31.2. The van der Waals surface area contributed by atoms with Crippen LogP contribution in [0, 0.1) is 0 Å². The van der Waals surface area contributed by atoms with Crippen LogP contribution >= 0.6 is 7.82 Å². The van der Waals surface area contributed by atoms with Crippen LogP contribution in [0.15, 0.2) is 64.7 Å². The molecule has 1 fully saturated rings. The van der Waals surface area contributed by atoms with Gasteiger partial charge in [0, 0.05) is 30.9 Å². The number of nitrogens with zero attached hydrogens (tertiary/aromatic N) is 4. The molecule has 14 heteroatoms. The van der Waals surface area contributed by atoms with Gasteiger partial charge in [-0.25, -0.2) is 9.36 Å². The maximum atomic E-state index is 13.1. The highest BCUT2D eigenvalue weighted by Crippen LogP contribution is 2.38. The van der Waals surface area contributed by atoms with Crippen molar-refractivity contribution < 1.29 is 33.8 Å². The number of phosphoric ester groups is 1. The summed E-state index contributed by atoms with van der Waals surface area (Å²) < 4.78 is 22.5. The molecule has 4 heterocycles. The normalized spacial score (nSPS) is 22.7. The Morgan fingerprint density at radius 2 is 1.74 bits per heavy atom. The monoisotopic (exact) mass is 492 g/mol. The van der Waals surface area contributed by atoms with Gasteiger partial charge in [0.05, 0.1) is 18.8 Å². The Morgan fingerprint density at radius 1 is 1.03 bits per heavy atom. The van der Waals surface area contributed by atoms with E-state index in [1.54, 1.807) is 42.9 Å². The van der Waals surface area contributed by atoms with E-state index in [2.05, 4.69) is 14.5 Å². The van der Waals surface area contributed by atoms with Crippen LogP contribution in [-0.4, -0.2) is 64.0 Å². The Kier molecular flexibility index (Phi) is 6.86. The maximum Gasteiger partial charge on any atom is 0.469 e. The molecule has 34 heavy (non-hydrogen) atoms. The van der Waals surface area contributed by atoms with Crippen LogP contribution in [-0.2, 0) is 20.4 Å². The van der Waals surface area contributed by atoms with Gasteiger partial charge in [-0.1, -0.05) is 0 Å². The molecule has 0 saturated carbocycles. The zero-order valence-electron chi connectivity index (χ0n) is 17.5. The summed E-state index contributed by atoms with van der Waals surface area (Å²) in [4.78, 5) is 51.4. The average molecular weight is 492 g/mol. The molecule has 0 spiro atoms. The number of ether oxygens (including phenoxy) is 1. The second-order valence-corrected chi connectivity index (χ2v) is 8.77. The van der Waals surface area contributed by atoms with Crippen molar-refractivity contribution >= 4 is 7.82 Å². The molecule has 1 aliphatic rings. The number of phosphoric acid groups is 1. The Labute approximate surface area is 191 Å². The maximum absolute atomic E-state index is 13.1. The molecular weight excluding hydrogens is 471 g/mol. The predicted octanol–water partition coefficient (Wildman–Crippen LogP) is -0.756. The van der Waals surface area contributed by atoms with Crippen molar-refractivity contribution in [2.75, 3.05) is 6.61 Å². The van der Waals surface area contributed by atoms with Crippen molar-refractivity contribution in [3.63, 3.8) is 0 Å². The van der Waals surface area contributed by atoms with Gasteiger partial charge in [-0.15, -0.1) is 0 Å². The Balaban J connectivity index is 1.60. The van der Waals surface area contributed by atoms with E-state index in [1.807, 2.05) is 0 Å². The molecule has 4 rings (SSSR count). The fraction of sp³-hybridized carbons (Fsp3) is 0.300. The third-order valence-corrected chi connectivity index (χ3v) is 5.75. The second kappa shape index (κ2) is 9.68. The summed E-state index contributed by atoms with van der Waals surface area (Å²) in [5.41, 5.74) is 0.647. The van der Waals surface area contributed by atoms with Gasteiger partial charge in [-0.3, -0.25) is 28.4 Å². The third-order valence-electron chi connectivity index (χ3n) is 5.26. The Morgan fingerprint density at radius 3 is 2.44 bits per heavy atom. The molecule has 0 amide bonds. The standard InChI is InChI=1S/C20H21N4O9P/c25-16-4-8-23(19-18(27)17(26)15(33-19)11-32-34(29,30)31)20(28)24(16)10-14-9-13(3-7-22-14)12-1-5-21-6-2-12/h1-9,15,17-19,26-27H,10-11H2,(H2,29,30,31)/t15-,17+,18+,19-/m1/s1. The van der Waals surface area contributed by atoms with Gasteiger partial charge in [-0.2, -0.15) is 0 Å². The smallest absolute Gasteiger partial charge is 0.387 e. The summed E-state index contributed by atoms with van der Waals surface area (Å²) >= 11 is 0. The van der Waals surface area contributed by atoms with E-state index in [0.29, 0.717) is 5.69 Å². The first-order chi connectivity index (χ1) is 16.1. The van der Waals surface area contributed by atoms with Crippen molar-refractivity contribution in [1.29, 1.82) is 0 Å². The van der Waals surface area contributed by atoms with Crippen molar-refractivity contribution in [1.82, 2.24) is 19.1 Å². The average Bonchev–Trinajstić information content (AvgIpc) is 3.09. The molecule has 0 aliphatic carbocycles. The van der Waals surface area contributed by atoms with Gasteiger partial charge in [0.1, 0.15) is 18.3 Å². The van der Waals surface area contributed by atoms with Crippen LogP contribution in [0.25, 0.3) is 11.1 Å². The van der Waals surface area contributed by atoms with Gasteiger partial charge >= 0.3 is 13.5 Å². The molecule has 1 saturated heterocycles. The minimum absolute atomic E-state index is 0.173. The lowest BCUT2D eigenvalue weighted by molar-refractivity contribution is -0.0548.